The molecular weight excluding hydrogens is 332 g/mol. The lowest BCUT2D eigenvalue weighted by Crippen LogP contribution is -2.14. The van der Waals surface area contributed by atoms with Crippen LogP contribution in [0.5, 0.6) is 0 Å². The predicted octanol–water partition coefficient (Wildman–Crippen LogP) is 2.93. The van der Waals surface area contributed by atoms with Gasteiger partial charge in [0, 0.05) is 17.1 Å². The van der Waals surface area contributed by atoms with E-state index >= 15 is 0 Å². The van der Waals surface area contributed by atoms with Crippen LogP contribution in [-0.4, -0.2) is 20.9 Å². The lowest BCUT2D eigenvalue weighted by molar-refractivity contribution is 0.102. The first-order valence-corrected chi connectivity index (χ1v) is 7.95. The highest BCUT2D eigenvalue weighted by Crippen LogP contribution is 2.18. The Morgan fingerprint density at radius 3 is 2.65 bits per heavy atom. The van der Waals surface area contributed by atoms with Crippen molar-refractivity contribution < 1.29 is 9.21 Å². The average molecular weight is 346 g/mol. The minimum absolute atomic E-state index is 0.244. The molecule has 0 spiro atoms. The van der Waals surface area contributed by atoms with Gasteiger partial charge in [-0.2, -0.15) is 9.90 Å². The number of amides is 1. The summed E-state index contributed by atoms with van der Waals surface area (Å²) < 4.78 is 5.08. The molecule has 0 aliphatic heterocycles. The van der Waals surface area contributed by atoms with Gasteiger partial charge >= 0.3 is 5.63 Å². The quantitative estimate of drug-likeness (QED) is 0.576. The van der Waals surface area contributed by atoms with Crippen LogP contribution in [0.4, 0.5) is 5.69 Å². The Morgan fingerprint density at radius 2 is 1.85 bits per heavy atom. The highest BCUT2D eigenvalue weighted by atomic mass is 16.4. The molecule has 0 aliphatic carbocycles. The van der Waals surface area contributed by atoms with Gasteiger partial charge in [-0.05, 0) is 43.3 Å². The zero-order valence-electron chi connectivity index (χ0n) is 13.8. The van der Waals surface area contributed by atoms with Crippen molar-refractivity contribution >= 4 is 22.6 Å². The third-order valence-corrected chi connectivity index (χ3v) is 3.86. The Kier molecular flexibility index (Phi) is 3.81. The molecule has 0 unspecified atom stereocenters. The second kappa shape index (κ2) is 6.29. The molecule has 0 bridgehead atoms. The number of rotatable bonds is 3. The summed E-state index contributed by atoms with van der Waals surface area (Å²) in [5, 5.41) is 12.1. The van der Waals surface area contributed by atoms with Gasteiger partial charge in [-0.15, -0.1) is 5.10 Å². The van der Waals surface area contributed by atoms with Crippen molar-refractivity contribution in [2.24, 2.45) is 0 Å². The minimum atomic E-state index is -0.414. The van der Waals surface area contributed by atoms with Gasteiger partial charge in [0.05, 0.1) is 11.4 Å². The summed E-state index contributed by atoms with van der Waals surface area (Å²) in [4.78, 5) is 25.2. The monoisotopic (exact) mass is 346 g/mol. The molecule has 128 valence electrons. The zero-order valence-corrected chi connectivity index (χ0v) is 13.8. The molecule has 0 atom stereocenters. The van der Waals surface area contributed by atoms with E-state index < -0.39 is 5.63 Å². The number of anilines is 1. The van der Waals surface area contributed by atoms with E-state index in [4.69, 9.17) is 4.42 Å². The summed E-state index contributed by atoms with van der Waals surface area (Å²) in [5.74, 6) is -0.360. The van der Waals surface area contributed by atoms with Gasteiger partial charge in [0.15, 0.2) is 5.69 Å². The van der Waals surface area contributed by atoms with E-state index in [9.17, 15) is 9.59 Å². The van der Waals surface area contributed by atoms with Crippen LogP contribution in [-0.2, 0) is 0 Å². The molecule has 7 heteroatoms. The van der Waals surface area contributed by atoms with Crippen LogP contribution in [0.25, 0.3) is 16.7 Å². The number of nitrogens with one attached hydrogen (secondary N) is 1. The summed E-state index contributed by atoms with van der Waals surface area (Å²) in [6, 6.07) is 17.4. The molecule has 26 heavy (non-hydrogen) atoms. The molecule has 0 radical (unpaired) electrons. The molecule has 0 fully saturated rings. The smallest absolute Gasteiger partial charge is 0.336 e. The maximum Gasteiger partial charge on any atom is 0.336 e. The highest BCUT2D eigenvalue weighted by molar-refractivity contribution is 6.04. The van der Waals surface area contributed by atoms with Crippen molar-refractivity contribution in [3.63, 3.8) is 0 Å². The lowest BCUT2D eigenvalue weighted by Gasteiger charge is -2.04. The molecule has 2 aromatic carbocycles. The van der Waals surface area contributed by atoms with Crippen LogP contribution in [0.1, 0.15) is 16.2 Å². The largest absolute Gasteiger partial charge is 0.423 e. The third kappa shape index (κ3) is 2.98. The average Bonchev–Trinajstić information content (AvgIpc) is 3.04. The first-order chi connectivity index (χ1) is 12.6. The minimum Gasteiger partial charge on any atom is -0.423 e. The first-order valence-electron chi connectivity index (χ1n) is 7.95. The SMILES string of the molecule is Cc1nn(-c2ccccc2)nc1C(=O)Nc1ccc2oc(=O)ccc2c1. The number of hydrogen-bond donors (Lipinski definition) is 1. The summed E-state index contributed by atoms with van der Waals surface area (Å²) in [5.41, 5.74) is 2.16. The van der Waals surface area contributed by atoms with Crippen LogP contribution in [0.3, 0.4) is 0 Å². The van der Waals surface area contributed by atoms with Crippen molar-refractivity contribution in [2.45, 2.75) is 6.92 Å². The van der Waals surface area contributed by atoms with E-state index in [2.05, 4.69) is 15.5 Å². The van der Waals surface area contributed by atoms with Gasteiger partial charge in [-0.3, -0.25) is 4.79 Å². The second-order valence-electron chi connectivity index (χ2n) is 5.72. The fourth-order valence-electron chi connectivity index (χ4n) is 2.61. The lowest BCUT2D eigenvalue weighted by atomic mass is 10.2. The topological polar surface area (TPSA) is 90.0 Å². The zero-order chi connectivity index (χ0) is 18.1. The van der Waals surface area contributed by atoms with Gasteiger partial charge in [0.1, 0.15) is 5.58 Å². The first kappa shape index (κ1) is 15.8. The van der Waals surface area contributed by atoms with Crippen molar-refractivity contribution in [1.82, 2.24) is 15.0 Å². The van der Waals surface area contributed by atoms with E-state index in [0.29, 0.717) is 22.4 Å². The fourth-order valence-corrected chi connectivity index (χ4v) is 2.61. The predicted molar refractivity (Wildman–Crippen MR) is 96.5 cm³/mol. The molecule has 1 amide bonds. The molecule has 2 aromatic heterocycles. The number of para-hydroxylation sites is 1. The van der Waals surface area contributed by atoms with Crippen molar-refractivity contribution in [3.05, 3.63) is 82.5 Å². The van der Waals surface area contributed by atoms with Crippen LogP contribution >= 0.6 is 0 Å². The molecular formula is C19H14N4O3. The summed E-state index contributed by atoms with van der Waals surface area (Å²) in [6.07, 6.45) is 0. The summed E-state index contributed by atoms with van der Waals surface area (Å²) in [7, 11) is 0. The van der Waals surface area contributed by atoms with E-state index in [-0.39, 0.29) is 11.6 Å². The number of aromatic nitrogens is 3. The van der Waals surface area contributed by atoms with Crippen molar-refractivity contribution in [1.29, 1.82) is 0 Å². The second-order valence-corrected chi connectivity index (χ2v) is 5.72. The Morgan fingerprint density at radius 1 is 1.04 bits per heavy atom. The van der Waals surface area contributed by atoms with E-state index in [1.54, 1.807) is 31.2 Å². The molecule has 0 aliphatic rings. The van der Waals surface area contributed by atoms with Crippen LogP contribution in [0.15, 0.2) is 69.9 Å². The molecule has 4 rings (SSSR count). The van der Waals surface area contributed by atoms with Crippen molar-refractivity contribution in [2.75, 3.05) is 5.32 Å². The summed E-state index contributed by atoms with van der Waals surface area (Å²) in [6.45, 7) is 1.73. The normalized spacial score (nSPS) is 10.8. The van der Waals surface area contributed by atoms with Gasteiger partial charge in [0.2, 0.25) is 0 Å². The molecule has 0 saturated carbocycles. The molecule has 1 N–H and O–H groups in total. The molecule has 2 heterocycles. The van der Waals surface area contributed by atoms with Gasteiger partial charge in [0.25, 0.3) is 5.91 Å². The molecule has 7 nitrogen and oxygen atoms in total. The number of carbonyl (C=O) groups excluding carboxylic acids is 1. The standard InChI is InChI=1S/C19H14N4O3/c1-12-18(22-23(21-12)15-5-3-2-4-6-15)19(25)20-14-8-9-16-13(11-14)7-10-17(24)26-16/h2-11H,1H3,(H,20,25). The van der Waals surface area contributed by atoms with Gasteiger partial charge < -0.3 is 9.73 Å². The fraction of sp³-hybridized carbons (Fsp3) is 0.0526. The Balaban J connectivity index is 1.61. The highest BCUT2D eigenvalue weighted by Gasteiger charge is 2.16. The number of nitrogens with zero attached hydrogens (tertiary/aromatic N) is 3. The third-order valence-electron chi connectivity index (χ3n) is 3.86. The van der Waals surface area contributed by atoms with Gasteiger partial charge in [-0.25, -0.2) is 4.79 Å². The van der Waals surface area contributed by atoms with Crippen LogP contribution in [0, 0.1) is 6.92 Å². The molecule has 0 saturated heterocycles. The number of benzene rings is 2. The van der Waals surface area contributed by atoms with E-state index in [1.807, 2.05) is 30.3 Å². The van der Waals surface area contributed by atoms with Crippen LogP contribution in [0.2, 0.25) is 0 Å². The number of aryl methyl sites for hydroxylation is 1. The Bertz CT molecular complexity index is 1160. The molecule has 4 aromatic rings. The van der Waals surface area contributed by atoms with E-state index in [0.717, 1.165) is 5.69 Å². The maximum atomic E-state index is 12.6. The number of hydrogen-bond acceptors (Lipinski definition) is 5. The number of fused-ring (bicyclic) bond motifs is 1. The van der Waals surface area contributed by atoms with Crippen molar-refractivity contribution in [3.8, 4) is 5.69 Å². The maximum absolute atomic E-state index is 12.6. The van der Waals surface area contributed by atoms with E-state index in [1.165, 1.54) is 10.9 Å². The Labute approximate surface area is 147 Å². The van der Waals surface area contributed by atoms with Crippen LogP contribution < -0.4 is 10.9 Å². The van der Waals surface area contributed by atoms with Gasteiger partial charge in [-0.1, -0.05) is 18.2 Å². The Hall–Kier alpha value is -3.74. The summed E-state index contributed by atoms with van der Waals surface area (Å²) >= 11 is 0. The number of carbonyl (C=O) groups is 1.